The molecule has 0 aliphatic carbocycles. The lowest BCUT2D eigenvalue weighted by Crippen LogP contribution is -2.23. The van der Waals surface area contributed by atoms with Crippen LogP contribution in [-0.4, -0.2) is 19.6 Å². The highest BCUT2D eigenvalue weighted by Gasteiger charge is 2.04. The second-order valence-electron chi connectivity index (χ2n) is 4.93. The SMILES string of the molecule is COc1ccccc1NC(N)=NCCCc1ccc(Br)cc1F.I. The maximum absolute atomic E-state index is 13.7. The Bertz CT molecular complexity index is 697. The van der Waals surface area contributed by atoms with Gasteiger partial charge in [0.25, 0.3) is 0 Å². The van der Waals surface area contributed by atoms with Gasteiger partial charge in [-0.3, -0.25) is 4.99 Å². The molecule has 0 fully saturated rings. The van der Waals surface area contributed by atoms with E-state index in [1.54, 1.807) is 13.2 Å². The van der Waals surface area contributed by atoms with E-state index in [0.29, 0.717) is 36.7 Å². The van der Waals surface area contributed by atoms with Crippen molar-refractivity contribution in [2.24, 2.45) is 10.7 Å². The van der Waals surface area contributed by atoms with Crippen molar-refractivity contribution in [2.45, 2.75) is 12.8 Å². The zero-order valence-electron chi connectivity index (χ0n) is 13.3. The highest BCUT2D eigenvalue weighted by Crippen LogP contribution is 2.22. The number of anilines is 1. The van der Waals surface area contributed by atoms with E-state index in [-0.39, 0.29) is 29.8 Å². The van der Waals surface area contributed by atoms with Crippen LogP contribution in [-0.2, 0) is 6.42 Å². The summed E-state index contributed by atoms with van der Waals surface area (Å²) in [4.78, 5) is 4.25. The number of aliphatic imine (C=N–C) groups is 1. The fraction of sp³-hybridized carbons (Fsp3) is 0.235. The molecule has 24 heavy (non-hydrogen) atoms. The fourth-order valence-electron chi connectivity index (χ4n) is 2.12. The molecular weight excluding hydrogens is 488 g/mol. The Balaban J connectivity index is 0.00000288. The monoisotopic (exact) mass is 507 g/mol. The average molecular weight is 508 g/mol. The molecule has 0 bridgehead atoms. The smallest absolute Gasteiger partial charge is 0.193 e. The summed E-state index contributed by atoms with van der Waals surface area (Å²) in [5.41, 5.74) is 7.30. The van der Waals surface area contributed by atoms with Crippen molar-refractivity contribution in [1.29, 1.82) is 0 Å². The molecule has 2 rings (SSSR count). The van der Waals surface area contributed by atoms with Crippen LogP contribution < -0.4 is 15.8 Å². The lowest BCUT2D eigenvalue weighted by atomic mass is 10.1. The third-order valence-corrected chi connectivity index (χ3v) is 3.76. The summed E-state index contributed by atoms with van der Waals surface area (Å²) in [6.07, 6.45) is 1.33. The molecule has 3 N–H and O–H groups in total. The van der Waals surface area contributed by atoms with Crippen LogP contribution in [0.3, 0.4) is 0 Å². The summed E-state index contributed by atoms with van der Waals surface area (Å²) >= 11 is 3.24. The van der Waals surface area contributed by atoms with E-state index in [1.807, 2.05) is 30.3 Å². The Morgan fingerprint density at radius 2 is 2.04 bits per heavy atom. The van der Waals surface area contributed by atoms with Crippen LogP contribution in [0, 0.1) is 5.82 Å². The van der Waals surface area contributed by atoms with E-state index in [9.17, 15) is 4.39 Å². The van der Waals surface area contributed by atoms with Crippen LogP contribution in [0.2, 0.25) is 0 Å². The van der Waals surface area contributed by atoms with Gasteiger partial charge in [-0.15, -0.1) is 24.0 Å². The van der Waals surface area contributed by atoms with E-state index >= 15 is 0 Å². The van der Waals surface area contributed by atoms with Crippen LogP contribution in [0.5, 0.6) is 5.75 Å². The van der Waals surface area contributed by atoms with Gasteiger partial charge in [0.05, 0.1) is 12.8 Å². The topological polar surface area (TPSA) is 59.6 Å². The molecular formula is C17H20BrFIN3O. The lowest BCUT2D eigenvalue weighted by molar-refractivity contribution is 0.417. The summed E-state index contributed by atoms with van der Waals surface area (Å²) in [5, 5.41) is 3.00. The molecule has 130 valence electrons. The van der Waals surface area contributed by atoms with E-state index in [1.165, 1.54) is 6.07 Å². The van der Waals surface area contributed by atoms with Gasteiger partial charge in [0, 0.05) is 11.0 Å². The summed E-state index contributed by atoms with van der Waals surface area (Å²) < 4.78 is 19.7. The van der Waals surface area contributed by atoms with Crippen LogP contribution in [0.4, 0.5) is 10.1 Å². The molecule has 4 nitrogen and oxygen atoms in total. The van der Waals surface area contributed by atoms with Crippen LogP contribution >= 0.6 is 39.9 Å². The molecule has 0 radical (unpaired) electrons. The van der Waals surface area contributed by atoms with Gasteiger partial charge in [-0.2, -0.15) is 0 Å². The van der Waals surface area contributed by atoms with Gasteiger partial charge in [0.1, 0.15) is 11.6 Å². The normalized spacial score (nSPS) is 10.9. The number of ether oxygens (including phenoxy) is 1. The molecule has 2 aromatic rings. The number of para-hydroxylation sites is 2. The van der Waals surface area contributed by atoms with Gasteiger partial charge in [-0.1, -0.05) is 34.1 Å². The molecule has 0 atom stereocenters. The molecule has 2 aromatic carbocycles. The Labute approximate surface area is 166 Å². The van der Waals surface area contributed by atoms with Crippen LogP contribution in [0.15, 0.2) is 51.9 Å². The number of nitrogens with one attached hydrogen (secondary N) is 1. The van der Waals surface area contributed by atoms with Crippen molar-refractivity contribution in [3.63, 3.8) is 0 Å². The largest absolute Gasteiger partial charge is 0.495 e. The minimum Gasteiger partial charge on any atom is -0.495 e. The van der Waals surface area contributed by atoms with Crippen molar-refractivity contribution in [1.82, 2.24) is 0 Å². The highest BCUT2D eigenvalue weighted by atomic mass is 127. The number of benzene rings is 2. The maximum atomic E-state index is 13.7. The Morgan fingerprint density at radius 1 is 1.29 bits per heavy atom. The number of hydrogen-bond donors (Lipinski definition) is 2. The number of guanidine groups is 1. The zero-order valence-corrected chi connectivity index (χ0v) is 17.2. The molecule has 0 unspecified atom stereocenters. The summed E-state index contributed by atoms with van der Waals surface area (Å²) in [7, 11) is 1.60. The van der Waals surface area contributed by atoms with Crippen molar-refractivity contribution in [3.8, 4) is 5.75 Å². The second kappa shape index (κ2) is 10.5. The minimum absolute atomic E-state index is 0. The first kappa shape index (κ1) is 20.7. The van der Waals surface area contributed by atoms with Crippen LogP contribution in [0.25, 0.3) is 0 Å². The highest BCUT2D eigenvalue weighted by molar-refractivity contribution is 14.0. The first-order valence-electron chi connectivity index (χ1n) is 7.24. The molecule has 0 aliphatic heterocycles. The van der Waals surface area contributed by atoms with Gasteiger partial charge < -0.3 is 15.8 Å². The second-order valence-corrected chi connectivity index (χ2v) is 5.85. The average Bonchev–Trinajstić information content (AvgIpc) is 2.53. The number of halogens is 3. The van der Waals surface area contributed by atoms with Crippen molar-refractivity contribution in [3.05, 3.63) is 58.3 Å². The quantitative estimate of drug-likeness (QED) is 0.260. The molecule has 0 aliphatic rings. The molecule has 7 heteroatoms. The predicted molar refractivity (Wildman–Crippen MR) is 111 cm³/mol. The van der Waals surface area contributed by atoms with Gasteiger partial charge in [0.2, 0.25) is 0 Å². The lowest BCUT2D eigenvalue weighted by Gasteiger charge is -2.10. The van der Waals surface area contributed by atoms with Gasteiger partial charge in [-0.25, -0.2) is 4.39 Å². The third-order valence-electron chi connectivity index (χ3n) is 3.27. The van der Waals surface area contributed by atoms with Crippen LogP contribution in [0.1, 0.15) is 12.0 Å². The van der Waals surface area contributed by atoms with Gasteiger partial charge in [-0.05, 0) is 42.7 Å². The number of aryl methyl sites for hydroxylation is 1. The summed E-state index contributed by atoms with van der Waals surface area (Å²) in [6, 6.07) is 12.5. The molecule has 0 heterocycles. The van der Waals surface area contributed by atoms with Crippen molar-refractivity contribution < 1.29 is 9.13 Å². The zero-order chi connectivity index (χ0) is 16.7. The maximum Gasteiger partial charge on any atom is 0.193 e. The first-order chi connectivity index (χ1) is 11.1. The number of nitrogens with two attached hydrogens (primary N) is 1. The number of nitrogens with zero attached hydrogens (tertiary/aromatic N) is 1. The van der Waals surface area contributed by atoms with Gasteiger partial charge in [0.15, 0.2) is 5.96 Å². The number of rotatable bonds is 6. The number of methoxy groups -OCH3 is 1. The Morgan fingerprint density at radius 3 is 2.75 bits per heavy atom. The Hall–Kier alpha value is -1.35. The van der Waals surface area contributed by atoms with E-state index in [2.05, 4.69) is 26.2 Å². The molecule has 0 saturated carbocycles. The molecule has 0 aromatic heterocycles. The number of hydrogen-bond acceptors (Lipinski definition) is 2. The van der Waals surface area contributed by atoms with E-state index in [4.69, 9.17) is 10.5 Å². The Kier molecular flexibility index (Phi) is 9.05. The summed E-state index contributed by atoms with van der Waals surface area (Å²) in [6.45, 7) is 0.517. The fourth-order valence-corrected chi connectivity index (χ4v) is 2.45. The van der Waals surface area contributed by atoms with E-state index < -0.39 is 0 Å². The van der Waals surface area contributed by atoms with E-state index in [0.717, 1.165) is 10.2 Å². The minimum atomic E-state index is -0.205. The molecule has 0 saturated heterocycles. The van der Waals surface area contributed by atoms with Crippen molar-refractivity contribution in [2.75, 3.05) is 19.0 Å². The van der Waals surface area contributed by atoms with Gasteiger partial charge >= 0.3 is 0 Å². The molecule has 0 spiro atoms. The molecule has 0 amide bonds. The first-order valence-corrected chi connectivity index (χ1v) is 8.03. The summed E-state index contributed by atoms with van der Waals surface area (Å²) in [5.74, 6) is 0.803. The predicted octanol–water partition coefficient (Wildman–Crippen LogP) is 4.57. The van der Waals surface area contributed by atoms with Crippen molar-refractivity contribution >= 4 is 51.6 Å². The standard InChI is InChI=1S/C17H19BrFN3O.HI/c1-23-16-7-3-2-6-15(16)22-17(20)21-10-4-5-12-8-9-13(18)11-14(12)19;/h2-3,6-9,11H,4-5,10H2,1H3,(H3,20,21,22);1H. The third kappa shape index (κ3) is 6.27.